The van der Waals surface area contributed by atoms with E-state index in [9.17, 15) is 27.2 Å². The van der Waals surface area contributed by atoms with Crippen LogP contribution in [0, 0.1) is 12.7 Å². The molecule has 0 saturated heterocycles. The van der Waals surface area contributed by atoms with E-state index in [1.54, 1.807) is 6.92 Å². The maximum absolute atomic E-state index is 13.6. The molecule has 0 aliphatic carbocycles. The number of nitrogens with zero attached hydrogens (tertiary/aromatic N) is 4. The molecule has 0 atom stereocenters. The van der Waals surface area contributed by atoms with Crippen molar-refractivity contribution in [2.75, 3.05) is 0 Å². The lowest BCUT2D eigenvalue weighted by atomic mass is 10.1. The van der Waals surface area contributed by atoms with Crippen LogP contribution in [0.25, 0.3) is 17.1 Å². The van der Waals surface area contributed by atoms with Gasteiger partial charge in [-0.2, -0.15) is 18.2 Å². The van der Waals surface area contributed by atoms with Gasteiger partial charge in [0.15, 0.2) is 0 Å². The Morgan fingerprint density at radius 2 is 1.81 bits per heavy atom. The third-order valence-corrected chi connectivity index (χ3v) is 4.71. The predicted molar refractivity (Wildman–Crippen MR) is 105 cm³/mol. The van der Waals surface area contributed by atoms with Crippen molar-refractivity contribution in [3.05, 3.63) is 98.4 Å². The lowest BCUT2D eigenvalue weighted by Crippen LogP contribution is -2.40. The highest BCUT2D eigenvalue weighted by Gasteiger charge is 2.30. The highest BCUT2D eigenvalue weighted by molar-refractivity contribution is 5.55. The van der Waals surface area contributed by atoms with Gasteiger partial charge in [-0.15, -0.1) is 0 Å². The van der Waals surface area contributed by atoms with Crippen molar-refractivity contribution in [1.29, 1.82) is 0 Å². The van der Waals surface area contributed by atoms with Crippen LogP contribution in [0.4, 0.5) is 17.6 Å². The molecule has 0 spiro atoms. The van der Waals surface area contributed by atoms with Crippen LogP contribution in [-0.2, 0) is 12.7 Å². The first-order chi connectivity index (χ1) is 15.1. The van der Waals surface area contributed by atoms with Crippen LogP contribution < -0.4 is 11.1 Å². The van der Waals surface area contributed by atoms with Crippen molar-refractivity contribution in [3.8, 4) is 17.1 Å². The zero-order chi connectivity index (χ0) is 23.0. The number of aryl methyl sites for hydroxylation is 1. The number of alkyl halides is 3. The number of aromatic nitrogens is 4. The SMILES string of the molecule is Cc1ccc(F)cc1-n1ccn(Cc2nc(-c3cccc(C(F)(F)F)c3)no2)c(=O)c1=O. The first kappa shape index (κ1) is 21.2. The van der Waals surface area contributed by atoms with Gasteiger partial charge >= 0.3 is 17.3 Å². The summed E-state index contributed by atoms with van der Waals surface area (Å²) in [5.41, 5.74) is -1.81. The van der Waals surface area contributed by atoms with E-state index in [0.717, 1.165) is 27.3 Å². The van der Waals surface area contributed by atoms with Gasteiger partial charge in [0, 0.05) is 18.0 Å². The standard InChI is InChI=1S/C21H14F4N4O3/c1-12-5-6-15(22)10-16(12)29-8-7-28(19(30)20(29)31)11-17-26-18(27-32-17)13-3-2-4-14(9-13)21(23,24)25/h2-10H,11H2,1H3. The first-order valence-corrected chi connectivity index (χ1v) is 9.22. The average molecular weight is 446 g/mol. The fourth-order valence-electron chi connectivity index (χ4n) is 3.08. The van der Waals surface area contributed by atoms with Crippen LogP contribution in [0.5, 0.6) is 0 Å². The van der Waals surface area contributed by atoms with Crippen LogP contribution in [0.2, 0.25) is 0 Å². The molecule has 0 saturated carbocycles. The van der Waals surface area contributed by atoms with E-state index in [1.807, 2.05) is 0 Å². The highest BCUT2D eigenvalue weighted by Crippen LogP contribution is 2.31. The van der Waals surface area contributed by atoms with Gasteiger partial charge in [0.05, 0.1) is 11.3 Å². The van der Waals surface area contributed by atoms with E-state index in [-0.39, 0.29) is 29.5 Å². The molecule has 0 bridgehead atoms. The monoisotopic (exact) mass is 446 g/mol. The lowest BCUT2D eigenvalue weighted by molar-refractivity contribution is -0.137. The predicted octanol–water partition coefficient (Wildman–Crippen LogP) is 3.56. The van der Waals surface area contributed by atoms with Gasteiger partial charge < -0.3 is 4.52 Å². The van der Waals surface area contributed by atoms with Crippen molar-refractivity contribution < 1.29 is 22.1 Å². The first-order valence-electron chi connectivity index (χ1n) is 9.22. The summed E-state index contributed by atoms with van der Waals surface area (Å²) < 4.78 is 59.4. The smallest absolute Gasteiger partial charge is 0.337 e. The van der Waals surface area contributed by atoms with Gasteiger partial charge in [0.25, 0.3) is 0 Å². The Labute approximate surface area is 177 Å². The molecule has 0 amide bonds. The molecule has 0 aliphatic heterocycles. The maximum Gasteiger partial charge on any atom is 0.416 e. The van der Waals surface area contributed by atoms with E-state index < -0.39 is 28.7 Å². The fourth-order valence-corrected chi connectivity index (χ4v) is 3.08. The molecule has 4 aromatic rings. The molecule has 11 heteroatoms. The number of benzene rings is 2. The van der Waals surface area contributed by atoms with Gasteiger partial charge in [-0.3, -0.25) is 18.7 Å². The summed E-state index contributed by atoms with van der Waals surface area (Å²) >= 11 is 0. The molecule has 0 N–H and O–H groups in total. The largest absolute Gasteiger partial charge is 0.416 e. The molecular formula is C21H14F4N4O3. The van der Waals surface area contributed by atoms with Crippen LogP contribution in [0.15, 0.2) is 69.0 Å². The summed E-state index contributed by atoms with van der Waals surface area (Å²) in [4.78, 5) is 29.1. The molecule has 2 heterocycles. The summed E-state index contributed by atoms with van der Waals surface area (Å²) in [6.07, 6.45) is -1.93. The van der Waals surface area contributed by atoms with Crippen LogP contribution in [0.1, 0.15) is 17.0 Å². The van der Waals surface area contributed by atoms with Crippen LogP contribution in [-0.4, -0.2) is 19.3 Å². The minimum atomic E-state index is -4.53. The average Bonchev–Trinajstić information content (AvgIpc) is 3.22. The minimum absolute atomic E-state index is 0.0826. The highest BCUT2D eigenvalue weighted by atomic mass is 19.4. The van der Waals surface area contributed by atoms with Crippen LogP contribution in [0.3, 0.4) is 0 Å². The van der Waals surface area contributed by atoms with Gasteiger partial charge in [0.1, 0.15) is 12.4 Å². The fraction of sp³-hybridized carbons (Fsp3) is 0.143. The topological polar surface area (TPSA) is 82.9 Å². The number of hydrogen-bond acceptors (Lipinski definition) is 5. The Balaban J connectivity index is 1.63. The molecule has 0 aliphatic rings. The second kappa shape index (κ2) is 7.91. The second-order valence-electron chi connectivity index (χ2n) is 6.93. The van der Waals surface area contributed by atoms with Crippen molar-refractivity contribution in [2.45, 2.75) is 19.6 Å². The molecule has 2 aromatic carbocycles. The van der Waals surface area contributed by atoms with E-state index in [4.69, 9.17) is 4.52 Å². The van der Waals surface area contributed by atoms with Gasteiger partial charge in [-0.25, -0.2) is 4.39 Å². The molecule has 0 radical (unpaired) electrons. The zero-order valence-corrected chi connectivity index (χ0v) is 16.4. The summed E-state index contributed by atoms with van der Waals surface area (Å²) in [6, 6.07) is 8.26. The maximum atomic E-state index is 13.6. The number of rotatable bonds is 4. The summed E-state index contributed by atoms with van der Waals surface area (Å²) in [5.74, 6) is -0.740. The summed E-state index contributed by atoms with van der Waals surface area (Å²) in [6.45, 7) is 1.39. The molecule has 0 unspecified atom stereocenters. The second-order valence-corrected chi connectivity index (χ2v) is 6.93. The lowest BCUT2D eigenvalue weighted by Gasteiger charge is -2.10. The van der Waals surface area contributed by atoms with E-state index >= 15 is 0 Å². The zero-order valence-electron chi connectivity index (χ0n) is 16.4. The Morgan fingerprint density at radius 1 is 1.03 bits per heavy atom. The number of halogens is 4. The normalized spacial score (nSPS) is 11.7. The molecule has 32 heavy (non-hydrogen) atoms. The van der Waals surface area contributed by atoms with E-state index in [2.05, 4.69) is 10.1 Å². The Kier molecular flexibility index (Phi) is 5.25. The Morgan fingerprint density at radius 3 is 2.56 bits per heavy atom. The van der Waals surface area contributed by atoms with E-state index in [0.29, 0.717) is 5.56 Å². The van der Waals surface area contributed by atoms with Crippen molar-refractivity contribution in [3.63, 3.8) is 0 Å². The molecule has 7 nitrogen and oxygen atoms in total. The molecule has 0 fully saturated rings. The quantitative estimate of drug-likeness (QED) is 0.354. The summed E-state index contributed by atoms with van der Waals surface area (Å²) in [7, 11) is 0. The number of hydrogen-bond donors (Lipinski definition) is 0. The molecular weight excluding hydrogens is 432 g/mol. The van der Waals surface area contributed by atoms with E-state index in [1.165, 1.54) is 36.7 Å². The molecule has 2 aromatic heterocycles. The van der Waals surface area contributed by atoms with Crippen LogP contribution >= 0.6 is 0 Å². The molecule has 164 valence electrons. The van der Waals surface area contributed by atoms with Crippen molar-refractivity contribution in [1.82, 2.24) is 19.3 Å². The minimum Gasteiger partial charge on any atom is -0.337 e. The van der Waals surface area contributed by atoms with Crippen molar-refractivity contribution >= 4 is 0 Å². The third kappa shape index (κ3) is 4.09. The molecule has 4 rings (SSSR count). The Bertz CT molecular complexity index is 1420. The van der Waals surface area contributed by atoms with Crippen molar-refractivity contribution in [2.24, 2.45) is 0 Å². The Hall–Kier alpha value is -4.02. The third-order valence-electron chi connectivity index (χ3n) is 4.71. The van der Waals surface area contributed by atoms with Gasteiger partial charge in [-0.1, -0.05) is 23.4 Å². The van der Waals surface area contributed by atoms with Gasteiger partial charge in [-0.05, 0) is 36.8 Å². The van der Waals surface area contributed by atoms with Gasteiger partial charge in [0.2, 0.25) is 11.7 Å². The summed E-state index contributed by atoms with van der Waals surface area (Å²) in [5, 5.41) is 3.65.